The lowest BCUT2D eigenvalue weighted by Crippen LogP contribution is -2.49. The van der Waals surface area contributed by atoms with E-state index < -0.39 is 0 Å². The molecule has 2 saturated heterocycles. The van der Waals surface area contributed by atoms with Crippen molar-refractivity contribution in [2.24, 2.45) is 0 Å². The molecule has 0 saturated carbocycles. The summed E-state index contributed by atoms with van der Waals surface area (Å²) < 4.78 is 0. The van der Waals surface area contributed by atoms with Crippen molar-refractivity contribution in [2.75, 3.05) is 39.3 Å². The zero-order valence-corrected chi connectivity index (χ0v) is 13.5. The minimum atomic E-state index is -0.238. The molecule has 2 amide bonds. The van der Waals surface area contributed by atoms with Gasteiger partial charge < -0.3 is 14.7 Å². The third-order valence-corrected chi connectivity index (χ3v) is 4.60. The number of rotatable bonds is 5. The molecule has 0 aromatic carbocycles. The standard InChI is InChI=1S/C16H29N3O2/c1-3-8-17-9-6-10-18(13-12-17)16(21)14(4-2)19-11-5-7-15(19)20/h14H,3-13H2,1-2H3/t14-/m1/s1. The van der Waals surface area contributed by atoms with Gasteiger partial charge in [0.2, 0.25) is 11.8 Å². The highest BCUT2D eigenvalue weighted by molar-refractivity contribution is 5.88. The highest BCUT2D eigenvalue weighted by Crippen LogP contribution is 2.18. The summed E-state index contributed by atoms with van der Waals surface area (Å²) in [6, 6.07) is -0.238. The normalized spacial score (nSPS) is 22.5. The highest BCUT2D eigenvalue weighted by Gasteiger charge is 2.34. The van der Waals surface area contributed by atoms with Gasteiger partial charge >= 0.3 is 0 Å². The van der Waals surface area contributed by atoms with Crippen LogP contribution < -0.4 is 0 Å². The van der Waals surface area contributed by atoms with Gasteiger partial charge in [-0.2, -0.15) is 0 Å². The first kappa shape index (κ1) is 16.3. The fraction of sp³-hybridized carbons (Fsp3) is 0.875. The maximum atomic E-state index is 12.8. The predicted molar refractivity (Wildman–Crippen MR) is 83.0 cm³/mol. The van der Waals surface area contributed by atoms with E-state index in [2.05, 4.69) is 11.8 Å². The van der Waals surface area contributed by atoms with Gasteiger partial charge in [0, 0.05) is 32.6 Å². The van der Waals surface area contributed by atoms with E-state index in [-0.39, 0.29) is 17.9 Å². The molecule has 2 aliphatic heterocycles. The van der Waals surface area contributed by atoms with E-state index >= 15 is 0 Å². The molecule has 0 spiro atoms. The van der Waals surface area contributed by atoms with E-state index in [0.29, 0.717) is 6.42 Å². The van der Waals surface area contributed by atoms with Crippen LogP contribution in [0.15, 0.2) is 0 Å². The number of hydrogen-bond acceptors (Lipinski definition) is 3. The van der Waals surface area contributed by atoms with Gasteiger partial charge in [-0.1, -0.05) is 13.8 Å². The fourth-order valence-corrected chi connectivity index (χ4v) is 3.47. The highest BCUT2D eigenvalue weighted by atomic mass is 16.2. The summed E-state index contributed by atoms with van der Waals surface area (Å²) in [5, 5.41) is 0. The zero-order valence-electron chi connectivity index (χ0n) is 13.5. The van der Waals surface area contributed by atoms with Crippen molar-refractivity contribution in [1.29, 1.82) is 0 Å². The molecule has 120 valence electrons. The lowest BCUT2D eigenvalue weighted by molar-refractivity contribution is -0.143. The molecular formula is C16H29N3O2. The topological polar surface area (TPSA) is 43.9 Å². The van der Waals surface area contributed by atoms with Crippen molar-refractivity contribution < 1.29 is 9.59 Å². The van der Waals surface area contributed by atoms with Crippen LogP contribution in [0, 0.1) is 0 Å². The SMILES string of the molecule is CCCN1CCCN(C(=O)[C@@H](CC)N2CCCC2=O)CC1. The van der Waals surface area contributed by atoms with Gasteiger partial charge in [-0.3, -0.25) is 9.59 Å². The molecule has 5 heteroatoms. The minimum Gasteiger partial charge on any atom is -0.340 e. The number of likely N-dealkylation sites (tertiary alicyclic amines) is 1. The second-order valence-corrected chi connectivity index (χ2v) is 6.14. The van der Waals surface area contributed by atoms with Crippen LogP contribution in [0.2, 0.25) is 0 Å². The van der Waals surface area contributed by atoms with Crippen molar-refractivity contribution in [3.8, 4) is 0 Å². The van der Waals surface area contributed by atoms with E-state index in [0.717, 1.165) is 65.0 Å². The van der Waals surface area contributed by atoms with Crippen LogP contribution in [-0.2, 0) is 9.59 Å². The summed E-state index contributed by atoms with van der Waals surface area (Å²) >= 11 is 0. The van der Waals surface area contributed by atoms with Crippen LogP contribution in [-0.4, -0.2) is 71.8 Å². The van der Waals surface area contributed by atoms with Gasteiger partial charge in [-0.05, 0) is 38.8 Å². The van der Waals surface area contributed by atoms with Crippen molar-refractivity contribution in [1.82, 2.24) is 14.7 Å². The van der Waals surface area contributed by atoms with Crippen LogP contribution in [0.3, 0.4) is 0 Å². The Bertz CT molecular complexity index is 373. The van der Waals surface area contributed by atoms with Crippen LogP contribution in [0.25, 0.3) is 0 Å². The zero-order chi connectivity index (χ0) is 15.2. The lowest BCUT2D eigenvalue weighted by atomic mass is 10.1. The van der Waals surface area contributed by atoms with E-state index in [9.17, 15) is 9.59 Å². The third-order valence-electron chi connectivity index (χ3n) is 4.60. The molecule has 1 atom stereocenters. The van der Waals surface area contributed by atoms with Gasteiger partial charge in [-0.25, -0.2) is 0 Å². The van der Waals surface area contributed by atoms with Crippen LogP contribution in [0.4, 0.5) is 0 Å². The molecule has 0 bridgehead atoms. The van der Waals surface area contributed by atoms with Crippen LogP contribution in [0.5, 0.6) is 0 Å². The van der Waals surface area contributed by atoms with Gasteiger partial charge in [0.05, 0.1) is 0 Å². The smallest absolute Gasteiger partial charge is 0.245 e. The van der Waals surface area contributed by atoms with E-state index in [4.69, 9.17) is 0 Å². The van der Waals surface area contributed by atoms with Gasteiger partial charge in [0.25, 0.3) is 0 Å². The number of amides is 2. The minimum absolute atomic E-state index is 0.151. The Labute approximate surface area is 128 Å². The second kappa shape index (κ2) is 7.78. The predicted octanol–water partition coefficient (Wildman–Crippen LogP) is 1.33. The average Bonchev–Trinajstić information content (AvgIpc) is 2.76. The van der Waals surface area contributed by atoms with Gasteiger partial charge in [0.15, 0.2) is 0 Å². The van der Waals surface area contributed by atoms with Crippen LogP contribution in [0.1, 0.15) is 46.0 Å². The number of hydrogen-bond donors (Lipinski definition) is 0. The van der Waals surface area contributed by atoms with E-state index in [1.54, 1.807) is 4.90 Å². The molecular weight excluding hydrogens is 266 g/mol. The summed E-state index contributed by atoms with van der Waals surface area (Å²) in [4.78, 5) is 30.9. The van der Waals surface area contributed by atoms with Crippen molar-refractivity contribution in [3.63, 3.8) is 0 Å². The molecule has 2 fully saturated rings. The molecule has 0 unspecified atom stereocenters. The third kappa shape index (κ3) is 3.96. The molecule has 0 aromatic rings. The van der Waals surface area contributed by atoms with Crippen molar-refractivity contribution in [2.45, 2.75) is 52.0 Å². The number of carbonyl (C=O) groups is 2. The summed E-state index contributed by atoms with van der Waals surface area (Å²) in [6.07, 6.45) is 4.42. The molecule has 0 aromatic heterocycles. The Kier molecular flexibility index (Phi) is 6.03. The van der Waals surface area contributed by atoms with Crippen molar-refractivity contribution in [3.05, 3.63) is 0 Å². The summed E-state index contributed by atoms with van der Waals surface area (Å²) in [7, 11) is 0. The molecule has 2 heterocycles. The Morgan fingerprint density at radius 1 is 1.10 bits per heavy atom. The van der Waals surface area contributed by atoms with Crippen molar-refractivity contribution >= 4 is 11.8 Å². The first-order chi connectivity index (χ1) is 10.2. The van der Waals surface area contributed by atoms with Gasteiger partial charge in [0.1, 0.15) is 6.04 Å². The molecule has 2 rings (SSSR count). The van der Waals surface area contributed by atoms with Crippen LogP contribution >= 0.6 is 0 Å². The second-order valence-electron chi connectivity index (χ2n) is 6.14. The number of nitrogens with zero attached hydrogens (tertiary/aromatic N) is 3. The van der Waals surface area contributed by atoms with E-state index in [1.165, 1.54) is 0 Å². The molecule has 0 N–H and O–H groups in total. The Hall–Kier alpha value is -1.10. The summed E-state index contributed by atoms with van der Waals surface area (Å²) in [5.74, 6) is 0.309. The molecule has 0 radical (unpaired) electrons. The maximum absolute atomic E-state index is 12.8. The average molecular weight is 295 g/mol. The maximum Gasteiger partial charge on any atom is 0.245 e. The summed E-state index contributed by atoms with van der Waals surface area (Å²) in [5.41, 5.74) is 0. The van der Waals surface area contributed by atoms with E-state index in [1.807, 2.05) is 11.8 Å². The monoisotopic (exact) mass is 295 g/mol. The first-order valence-electron chi connectivity index (χ1n) is 8.48. The molecule has 2 aliphatic rings. The molecule has 21 heavy (non-hydrogen) atoms. The Balaban J connectivity index is 1.95. The summed E-state index contributed by atoms with van der Waals surface area (Å²) in [6.45, 7) is 9.74. The Morgan fingerprint density at radius 2 is 1.90 bits per heavy atom. The largest absolute Gasteiger partial charge is 0.340 e. The number of carbonyl (C=O) groups excluding carboxylic acids is 2. The molecule has 5 nitrogen and oxygen atoms in total. The molecule has 0 aliphatic carbocycles. The first-order valence-corrected chi connectivity index (χ1v) is 8.48. The Morgan fingerprint density at radius 3 is 2.52 bits per heavy atom. The quantitative estimate of drug-likeness (QED) is 0.768. The fourth-order valence-electron chi connectivity index (χ4n) is 3.47. The lowest BCUT2D eigenvalue weighted by Gasteiger charge is -2.31. The van der Waals surface area contributed by atoms with Gasteiger partial charge in [-0.15, -0.1) is 0 Å².